The largest absolute Gasteiger partial charge is 0.449 e. The van der Waals surface area contributed by atoms with E-state index in [0.29, 0.717) is 31.7 Å². The molecule has 0 saturated heterocycles. The molecule has 9 nitrogen and oxygen atoms in total. The predicted molar refractivity (Wildman–Crippen MR) is 153 cm³/mol. The van der Waals surface area contributed by atoms with Crippen molar-refractivity contribution in [1.82, 2.24) is 20.8 Å². The molecule has 5 rings (SSSR count). The first-order valence-corrected chi connectivity index (χ1v) is 14.7. The van der Waals surface area contributed by atoms with E-state index in [1.54, 1.807) is 0 Å². The molecule has 0 aliphatic heterocycles. The summed E-state index contributed by atoms with van der Waals surface area (Å²) < 4.78 is 11.3. The lowest BCUT2D eigenvalue weighted by atomic mass is 9.88. The Kier molecular flexibility index (Phi) is 9.44. The van der Waals surface area contributed by atoms with Crippen LogP contribution in [0.4, 0.5) is 4.79 Å². The molecule has 2 aliphatic carbocycles. The minimum atomic E-state index is -0.445. The van der Waals surface area contributed by atoms with Crippen LogP contribution in [0.1, 0.15) is 93.2 Å². The maximum atomic E-state index is 13.0. The minimum Gasteiger partial charge on any atom is -0.449 e. The predicted octanol–water partition coefficient (Wildman–Crippen LogP) is 5.65. The number of benzene rings is 2. The molecule has 3 aromatic rings. The molecule has 0 bridgehead atoms. The van der Waals surface area contributed by atoms with Crippen molar-refractivity contribution in [3.63, 3.8) is 0 Å². The van der Waals surface area contributed by atoms with Crippen LogP contribution in [0.2, 0.25) is 0 Å². The van der Waals surface area contributed by atoms with Gasteiger partial charge in [-0.05, 0) is 61.3 Å². The standard InChI is InChI=1S/C32H38N4O5/c1-21(37)19-29-35-36-31(41-29)28(34-30(38)22-11-3-2-4-12-22)17-9-10-18-33-32(39)40-20-27-25-15-7-5-13-23(25)24-14-6-8-16-26(24)27/h5-8,13-16,22,27-28H,2-4,9-12,17-20H2,1H3,(H,33,39)(H,34,38). The Labute approximate surface area is 240 Å². The van der Waals surface area contributed by atoms with E-state index in [9.17, 15) is 14.4 Å². The maximum absolute atomic E-state index is 13.0. The van der Waals surface area contributed by atoms with Crippen LogP contribution in [0.5, 0.6) is 0 Å². The second kappa shape index (κ2) is 13.6. The van der Waals surface area contributed by atoms with Gasteiger partial charge in [-0.3, -0.25) is 9.59 Å². The summed E-state index contributed by atoms with van der Waals surface area (Å²) in [5.41, 5.74) is 4.74. The molecular formula is C32H38N4O5. The summed E-state index contributed by atoms with van der Waals surface area (Å²) in [4.78, 5) is 36.9. The molecule has 0 spiro atoms. The average molecular weight is 559 g/mol. The van der Waals surface area contributed by atoms with E-state index in [1.165, 1.54) is 35.6 Å². The molecule has 2 aromatic carbocycles. The Balaban J connectivity index is 1.10. The summed E-state index contributed by atoms with van der Waals surface area (Å²) in [6, 6.07) is 16.1. The number of alkyl carbamates (subject to hydrolysis) is 1. The van der Waals surface area contributed by atoms with Gasteiger partial charge in [-0.1, -0.05) is 67.8 Å². The third kappa shape index (κ3) is 7.20. The molecule has 2 N–H and O–H groups in total. The van der Waals surface area contributed by atoms with E-state index in [2.05, 4.69) is 45.1 Å². The Hall–Kier alpha value is -4.01. The van der Waals surface area contributed by atoms with Gasteiger partial charge >= 0.3 is 6.09 Å². The number of aromatic nitrogens is 2. The van der Waals surface area contributed by atoms with Crippen LogP contribution in [-0.4, -0.2) is 41.1 Å². The molecule has 9 heteroatoms. The number of ether oxygens (including phenoxy) is 1. The first-order chi connectivity index (χ1) is 20.0. The molecule has 1 fully saturated rings. The van der Waals surface area contributed by atoms with Crippen molar-refractivity contribution in [3.05, 3.63) is 71.4 Å². The highest BCUT2D eigenvalue weighted by molar-refractivity contribution is 5.80. The Morgan fingerprint density at radius 1 is 0.951 bits per heavy atom. The molecule has 0 radical (unpaired) electrons. The normalized spacial score (nSPS) is 15.5. The molecule has 2 aliphatic rings. The fraction of sp³-hybridized carbons (Fsp3) is 0.469. The van der Waals surface area contributed by atoms with Crippen LogP contribution >= 0.6 is 0 Å². The molecule has 1 atom stereocenters. The van der Waals surface area contributed by atoms with E-state index in [0.717, 1.165) is 25.7 Å². The van der Waals surface area contributed by atoms with Crippen LogP contribution in [0.3, 0.4) is 0 Å². The van der Waals surface area contributed by atoms with Crippen LogP contribution in [0, 0.1) is 5.92 Å². The molecule has 216 valence electrons. The summed E-state index contributed by atoms with van der Waals surface area (Å²) in [6.07, 6.45) is 6.68. The van der Waals surface area contributed by atoms with E-state index in [4.69, 9.17) is 9.15 Å². The number of nitrogens with one attached hydrogen (secondary N) is 2. The van der Waals surface area contributed by atoms with Gasteiger partial charge in [0, 0.05) is 18.4 Å². The lowest BCUT2D eigenvalue weighted by molar-refractivity contribution is -0.127. The van der Waals surface area contributed by atoms with Crippen LogP contribution in [0.15, 0.2) is 52.9 Å². The summed E-state index contributed by atoms with van der Waals surface area (Å²) in [6.45, 7) is 2.18. The van der Waals surface area contributed by atoms with Gasteiger partial charge in [0.25, 0.3) is 0 Å². The number of fused-ring (bicyclic) bond motifs is 3. The number of Topliss-reactive ketones (excluding diaryl/α,β-unsaturated/α-hetero) is 1. The van der Waals surface area contributed by atoms with Gasteiger partial charge in [0.1, 0.15) is 18.4 Å². The van der Waals surface area contributed by atoms with Crippen molar-refractivity contribution in [3.8, 4) is 11.1 Å². The summed E-state index contributed by atoms with van der Waals surface area (Å²) >= 11 is 0. The lowest BCUT2D eigenvalue weighted by Gasteiger charge is -2.23. The lowest BCUT2D eigenvalue weighted by Crippen LogP contribution is -2.35. The molecule has 1 heterocycles. The first kappa shape index (κ1) is 28.5. The SMILES string of the molecule is CC(=O)Cc1nnc(C(CCCCNC(=O)OCC2c3ccccc3-c3ccccc32)NC(=O)C2CCCCC2)o1. The number of hydrogen-bond acceptors (Lipinski definition) is 7. The van der Waals surface area contributed by atoms with Crippen molar-refractivity contribution in [2.24, 2.45) is 5.92 Å². The van der Waals surface area contributed by atoms with E-state index in [1.807, 2.05) is 24.3 Å². The number of carbonyl (C=O) groups is 3. The molecule has 1 unspecified atom stereocenters. The summed E-state index contributed by atoms with van der Waals surface area (Å²) in [5, 5.41) is 14.1. The molecule has 41 heavy (non-hydrogen) atoms. The average Bonchev–Trinajstić information content (AvgIpc) is 3.57. The second-order valence-electron chi connectivity index (χ2n) is 11.1. The number of carbonyl (C=O) groups excluding carboxylic acids is 3. The van der Waals surface area contributed by atoms with E-state index in [-0.39, 0.29) is 42.4 Å². The smallest absolute Gasteiger partial charge is 0.407 e. The molecule has 1 saturated carbocycles. The third-order valence-corrected chi connectivity index (χ3v) is 8.01. The van der Waals surface area contributed by atoms with Crippen molar-refractivity contribution in [2.45, 2.75) is 76.7 Å². The number of amides is 2. The van der Waals surface area contributed by atoms with E-state index < -0.39 is 12.1 Å². The van der Waals surface area contributed by atoms with Crippen molar-refractivity contribution in [1.29, 1.82) is 0 Å². The molecule has 1 aromatic heterocycles. The van der Waals surface area contributed by atoms with Gasteiger partial charge in [0.2, 0.25) is 17.7 Å². The van der Waals surface area contributed by atoms with Gasteiger partial charge in [-0.15, -0.1) is 10.2 Å². The Morgan fingerprint density at radius 2 is 1.63 bits per heavy atom. The highest BCUT2D eigenvalue weighted by Gasteiger charge is 2.29. The highest BCUT2D eigenvalue weighted by atomic mass is 16.5. The third-order valence-electron chi connectivity index (χ3n) is 8.01. The summed E-state index contributed by atoms with van der Waals surface area (Å²) in [5.74, 6) is 0.529. The maximum Gasteiger partial charge on any atom is 0.407 e. The zero-order chi connectivity index (χ0) is 28.6. The number of rotatable bonds is 12. The number of hydrogen-bond donors (Lipinski definition) is 2. The number of ketones is 1. The van der Waals surface area contributed by atoms with Crippen LogP contribution < -0.4 is 10.6 Å². The topological polar surface area (TPSA) is 123 Å². The Morgan fingerprint density at radius 3 is 2.32 bits per heavy atom. The van der Waals surface area contributed by atoms with E-state index >= 15 is 0 Å². The fourth-order valence-electron chi connectivity index (χ4n) is 5.92. The van der Waals surface area contributed by atoms with Gasteiger partial charge in [-0.2, -0.15) is 0 Å². The van der Waals surface area contributed by atoms with Crippen LogP contribution in [0.25, 0.3) is 11.1 Å². The second-order valence-corrected chi connectivity index (χ2v) is 11.1. The number of unbranched alkanes of at least 4 members (excludes halogenated alkanes) is 1. The Bertz CT molecular complexity index is 1320. The quantitative estimate of drug-likeness (QED) is 0.275. The van der Waals surface area contributed by atoms with Crippen LogP contribution in [-0.2, 0) is 20.7 Å². The minimum absolute atomic E-state index is 0.00102. The van der Waals surface area contributed by atoms with Gasteiger partial charge in [0.15, 0.2) is 0 Å². The highest BCUT2D eigenvalue weighted by Crippen LogP contribution is 2.44. The zero-order valence-corrected chi connectivity index (χ0v) is 23.6. The zero-order valence-electron chi connectivity index (χ0n) is 23.6. The molecule has 2 amide bonds. The molecular weight excluding hydrogens is 520 g/mol. The van der Waals surface area contributed by atoms with Gasteiger partial charge in [-0.25, -0.2) is 4.79 Å². The van der Waals surface area contributed by atoms with Gasteiger partial charge < -0.3 is 19.8 Å². The van der Waals surface area contributed by atoms with Crippen molar-refractivity contribution in [2.75, 3.05) is 13.2 Å². The monoisotopic (exact) mass is 558 g/mol. The summed E-state index contributed by atoms with van der Waals surface area (Å²) in [7, 11) is 0. The first-order valence-electron chi connectivity index (χ1n) is 14.7. The fourth-order valence-corrected chi connectivity index (χ4v) is 5.92. The van der Waals surface area contributed by atoms with Crippen molar-refractivity contribution < 1.29 is 23.5 Å². The van der Waals surface area contributed by atoms with Gasteiger partial charge in [0.05, 0.1) is 6.42 Å². The van der Waals surface area contributed by atoms with Crippen molar-refractivity contribution >= 4 is 17.8 Å². The number of nitrogens with zero attached hydrogens (tertiary/aromatic N) is 2.